The number of hydrogen-bond donors (Lipinski definition) is 0. The Balaban J connectivity index is 1.99. The molecule has 0 saturated heterocycles. The van der Waals surface area contributed by atoms with E-state index in [-0.39, 0.29) is 12.0 Å². The Morgan fingerprint density at radius 3 is 3.00 bits per heavy atom. The van der Waals surface area contributed by atoms with E-state index in [9.17, 15) is 0 Å². The molecule has 2 rings (SSSR count). The summed E-state index contributed by atoms with van der Waals surface area (Å²) in [6.07, 6.45) is 1.90. The van der Waals surface area contributed by atoms with Crippen LogP contribution in [0.25, 0.3) is 0 Å². The Bertz CT molecular complexity index is 360. The van der Waals surface area contributed by atoms with Gasteiger partial charge in [0.2, 0.25) is 0 Å². The molecule has 3 heteroatoms. The molecule has 2 unspecified atom stereocenters. The number of alkyl halides is 1. The molecule has 15 heavy (non-hydrogen) atoms. The van der Waals surface area contributed by atoms with E-state index >= 15 is 0 Å². The van der Waals surface area contributed by atoms with Crippen molar-refractivity contribution in [3.05, 3.63) is 29.8 Å². The van der Waals surface area contributed by atoms with Crippen LogP contribution in [0.2, 0.25) is 0 Å². The van der Waals surface area contributed by atoms with Gasteiger partial charge in [-0.15, -0.1) is 0 Å². The molecule has 0 fully saturated rings. The van der Waals surface area contributed by atoms with Gasteiger partial charge in [-0.05, 0) is 11.6 Å². The van der Waals surface area contributed by atoms with Crippen molar-refractivity contribution < 1.29 is 4.74 Å². The minimum atomic E-state index is 0.0457. The SMILES string of the molecule is N#CC(CBr)CC1Cc2ccccc2O1. The smallest absolute Gasteiger partial charge is 0.123 e. The van der Waals surface area contributed by atoms with Crippen molar-refractivity contribution in [2.75, 3.05) is 5.33 Å². The first-order valence-electron chi connectivity index (χ1n) is 5.03. The lowest BCUT2D eigenvalue weighted by Crippen LogP contribution is -2.18. The number of para-hydroxylation sites is 1. The van der Waals surface area contributed by atoms with Crippen LogP contribution in [0.15, 0.2) is 24.3 Å². The number of benzene rings is 1. The Labute approximate surface area is 98.0 Å². The van der Waals surface area contributed by atoms with E-state index in [1.807, 2.05) is 18.2 Å². The minimum absolute atomic E-state index is 0.0457. The lowest BCUT2D eigenvalue weighted by Gasteiger charge is -2.12. The monoisotopic (exact) mass is 265 g/mol. The molecule has 0 spiro atoms. The van der Waals surface area contributed by atoms with Gasteiger partial charge in [0.15, 0.2) is 0 Å². The fraction of sp³-hybridized carbons (Fsp3) is 0.417. The van der Waals surface area contributed by atoms with Crippen LogP contribution in [0, 0.1) is 17.2 Å². The number of ether oxygens (including phenoxy) is 1. The molecule has 0 amide bonds. The summed E-state index contributed by atoms with van der Waals surface area (Å²) in [6.45, 7) is 0. The molecule has 1 aromatic rings. The third kappa shape index (κ3) is 2.32. The number of fused-ring (bicyclic) bond motifs is 1. The van der Waals surface area contributed by atoms with Gasteiger partial charge < -0.3 is 4.74 Å². The zero-order valence-electron chi connectivity index (χ0n) is 8.32. The molecule has 1 aliphatic rings. The molecule has 0 saturated carbocycles. The summed E-state index contributed by atoms with van der Waals surface area (Å²) < 4.78 is 5.77. The number of nitrogens with zero attached hydrogens (tertiary/aromatic N) is 1. The van der Waals surface area contributed by atoms with Crippen molar-refractivity contribution in [3.63, 3.8) is 0 Å². The van der Waals surface area contributed by atoms with Crippen molar-refractivity contribution in [2.24, 2.45) is 5.92 Å². The third-order valence-corrected chi connectivity index (χ3v) is 3.41. The normalized spacial score (nSPS) is 20.1. The van der Waals surface area contributed by atoms with E-state index in [1.165, 1.54) is 5.56 Å². The van der Waals surface area contributed by atoms with Crippen LogP contribution < -0.4 is 4.74 Å². The fourth-order valence-corrected chi connectivity index (χ4v) is 2.26. The molecule has 0 aromatic heterocycles. The first kappa shape index (κ1) is 10.5. The van der Waals surface area contributed by atoms with Gasteiger partial charge in [0.1, 0.15) is 11.9 Å². The summed E-state index contributed by atoms with van der Waals surface area (Å²) >= 11 is 3.34. The van der Waals surface area contributed by atoms with Crippen LogP contribution in [-0.4, -0.2) is 11.4 Å². The summed E-state index contributed by atoms with van der Waals surface area (Å²) in [5.41, 5.74) is 1.26. The second kappa shape index (κ2) is 4.67. The van der Waals surface area contributed by atoms with E-state index in [0.29, 0.717) is 0 Å². The Kier molecular flexibility index (Phi) is 3.27. The van der Waals surface area contributed by atoms with Crippen LogP contribution in [0.1, 0.15) is 12.0 Å². The van der Waals surface area contributed by atoms with Crippen LogP contribution in [0.4, 0.5) is 0 Å². The largest absolute Gasteiger partial charge is 0.490 e. The van der Waals surface area contributed by atoms with Gasteiger partial charge in [0.05, 0.1) is 12.0 Å². The average Bonchev–Trinajstić information content (AvgIpc) is 2.68. The first-order valence-corrected chi connectivity index (χ1v) is 6.15. The van der Waals surface area contributed by atoms with E-state index in [4.69, 9.17) is 10.00 Å². The highest BCUT2D eigenvalue weighted by atomic mass is 79.9. The minimum Gasteiger partial charge on any atom is -0.490 e. The predicted molar refractivity (Wildman–Crippen MR) is 62.1 cm³/mol. The maximum absolute atomic E-state index is 8.87. The van der Waals surface area contributed by atoms with E-state index < -0.39 is 0 Å². The summed E-state index contributed by atoms with van der Waals surface area (Å²) in [5, 5.41) is 9.59. The molecule has 0 N–H and O–H groups in total. The highest BCUT2D eigenvalue weighted by molar-refractivity contribution is 9.09. The van der Waals surface area contributed by atoms with Crippen molar-refractivity contribution >= 4 is 15.9 Å². The van der Waals surface area contributed by atoms with Gasteiger partial charge in [-0.1, -0.05) is 34.1 Å². The molecule has 2 nitrogen and oxygen atoms in total. The van der Waals surface area contributed by atoms with Gasteiger partial charge in [-0.25, -0.2) is 0 Å². The van der Waals surface area contributed by atoms with Gasteiger partial charge in [-0.3, -0.25) is 0 Å². The van der Waals surface area contributed by atoms with Gasteiger partial charge in [0.25, 0.3) is 0 Å². The lowest BCUT2D eigenvalue weighted by molar-refractivity contribution is 0.210. The molecule has 1 heterocycles. The molecule has 0 radical (unpaired) electrons. The zero-order valence-corrected chi connectivity index (χ0v) is 9.90. The van der Waals surface area contributed by atoms with Crippen molar-refractivity contribution in [3.8, 4) is 11.8 Å². The van der Waals surface area contributed by atoms with Crippen LogP contribution in [0.3, 0.4) is 0 Å². The highest BCUT2D eigenvalue weighted by Crippen LogP contribution is 2.30. The molecular weight excluding hydrogens is 254 g/mol. The Morgan fingerprint density at radius 1 is 1.53 bits per heavy atom. The van der Waals surface area contributed by atoms with Gasteiger partial charge >= 0.3 is 0 Å². The highest BCUT2D eigenvalue weighted by Gasteiger charge is 2.24. The van der Waals surface area contributed by atoms with Gasteiger partial charge in [-0.2, -0.15) is 5.26 Å². The second-order valence-electron chi connectivity index (χ2n) is 3.77. The molecule has 0 aliphatic carbocycles. The number of hydrogen-bond acceptors (Lipinski definition) is 2. The van der Waals surface area contributed by atoms with Crippen LogP contribution in [-0.2, 0) is 6.42 Å². The van der Waals surface area contributed by atoms with Crippen molar-refractivity contribution in [1.29, 1.82) is 5.26 Å². The molecule has 2 atom stereocenters. The first-order chi connectivity index (χ1) is 7.33. The van der Waals surface area contributed by atoms with E-state index in [2.05, 4.69) is 28.1 Å². The number of halogens is 1. The maximum atomic E-state index is 8.87. The molecule has 78 valence electrons. The topological polar surface area (TPSA) is 33.0 Å². The quantitative estimate of drug-likeness (QED) is 0.788. The number of nitriles is 1. The average molecular weight is 266 g/mol. The van der Waals surface area contributed by atoms with Crippen LogP contribution in [0.5, 0.6) is 5.75 Å². The Hall–Kier alpha value is -1.01. The molecule has 1 aliphatic heterocycles. The van der Waals surface area contributed by atoms with E-state index in [0.717, 1.165) is 23.9 Å². The van der Waals surface area contributed by atoms with Crippen molar-refractivity contribution in [2.45, 2.75) is 18.9 Å². The van der Waals surface area contributed by atoms with Crippen LogP contribution >= 0.6 is 15.9 Å². The fourth-order valence-electron chi connectivity index (χ4n) is 1.85. The standard InChI is InChI=1S/C12H12BrNO/c13-7-9(8-14)5-11-6-10-3-1-2-4-12(10)15-11/h1-4,9,11H,5-7H2. The summed E-state index contributed by atoms with van der Waals surface area (Å²) in [5.74, 6) is 1.03. The Morgan fingerprint density at radius 2 is 2.33 bits per heavy atom. The maximum Gasteiger partial charge on any atom is 0.123 e. The molecular formula is C12H12BrNO. The molecule has 0 bridgehead atoms. The van der Waals surface area contributed by atoms with E-state index in [1.54, 1.807) is 0 Å². The lowest BCUT2D eigenvalue weighted by atomic mass is 10.0. The second-order valence-corrected chi connectivity index (χ2v) is 4.42. The van der Waals surface area contributed by atoms with Gasteiger partial charge in [0, 0.05) is 18.2 Å². The predicted octanol–water partition coefficient (Wildman–Crippen LogP) is 2.91. The third-order valence-electron chi connectivity index (χ3n) is 2.63. The van der Waals surface area contributed by atoms with Crippen molar-refractivity contribution in [1.82, 2.24) is 0 Å². The summed E-state index contributed by atoms with van der Waals surface area (Å²) in [4.78, 5) is 0. The number of rotatable bonds is 3. The summed E-state index contributed by atoms with van der Waals surface area (Å²) in [7, 11) is 0. The summed E-state index contributed by atoms with van der Waals surface area (Å²) in [6, 6.07) is 10.4. The zero-order chi connectivity index (χ0) is 10.7. The molecule has 1 aromatic carbocycles.